The van der Waals surface area contributed by atoms with Crippen molar-refractivity contribution in [3.05, 3.63) is 0 Å². The van der Waals surface area contributed by atoms with Crippen LogP contribution in [-0.2, 0) is 27.9 Å². The third kappa shape index (κ3) is 13.7. The molecule has 0 radical (unpaired) electrons. The highest BCUT2D eigenvalue weighted by atomic mass is 28.4. The van der Waals surface area contributed by atoms with Gasteiger partial charge in [0.15, 0.2) is 0 Å². The van der Waals surface area contributed by atoms with Crippen LogP contribution in [-0.4, -0.2) is 55.0 Å². The molecule has 0 saturated carbocycles. The van der Waals surface area contributed by atoms with Gasteiger partial charge < -0.3 is 18.3 Å². The van der Waals surface area contributed by atoms with Gasteiger partial charge in [0.2, 0.25) is 16.6 Å². The fourth-order valence-electron chi connectivity index (χ4n) is 1.17. The van der Waals surface area contributed by atoms with E-state index in [1.165, 1.54) is 0 Å². The SMILES string of the molecule is C[Si](C)(C)OC(=O)COCCOCC(=O)O[Si](C)(C)C. The average Bonchev–Trinajstić information content (AvgIpc) is 2.17. The van der Waals surface area contributed by atoms with Crippen molar-refractivity contribution >= 4 is 28.6 Å². The zero-order valence-corrected chi connectivity index (χ0v) is 15.3. The van der Waals surface area contributed by atoms with Crippen LogP contribution in [0.5, 0.6) is 0 Å². The maximum Gasteiger partial charge on any atom is 0.318 e. The van der Waals surface area contributed by atoms with E-state index in [9.17, 15) is 9.59 Å². The predicted molar refractivity (Wildman–Crippen MR) is 80.5 cm³/mol. The van der Waals surface area contributed by atoms with Crippen LogP contribution < -0.4 is 0 Å². The second kappa shape index (κ2) is 8.55. The molecule has 0 N–H and O–H groups in total. The minimum absolute atomic E-state index is 0.0903. The average molecular weight is 323 g/mol. The Bertz CT molecular complexity index is 287. The fourth-order valence-corrected chi connectivity index (χ4v) is 2.65. The van der Waals surface area contributed by atoms with Crippen LogP contribution in [0.3, 0.4) is 0 Å². The van der Waals surface area contributed by atoms with E-state index < -0.39 is 16.6 Å². The van der Waals surface area contributed by atoms with Gasteiger partial charge >= 0.3 is 11.9 Å². The standard InChI is InChI=1S/C12H26O6Si2/c1-19(2,3)17-11(13)9-15-7-8-16-10-12(14)18-20(4,5)6/h7-10H2,1-6H3. The molecule has 0 atom stereocenters. The Balaban J connectivity index is 3.54. The summed E-state index contributed by atoms with van der Waals surface area (Å²) in [6.45, 7) is 11.9. The number of carbonyl (C=O) groups is 2. The van der Waals surface area contributed by atoms with E-state index in [0.717, 1.165) is 0 Å². The molecule has 0 rings (SSSR count). The van der Waals surface area contributed by atoms with Crippen LogP contribution in [0.15, 0.2) is 0 Å². The molecule has 0 saturated heterocycles. The molecule has 0 fully saturated rings. The monoisotopic (exact) mass is 322 g/mol. The molecule has 0 aromatic carbocycles. The first-order valence-corrected chi connectivity index (χ1v) is 13.4. The lowest BCUT2D eigenvalue weighted by Crippen LogP contribution is -2.32. The summed E-state index contributed by atoms with van der Waals surface area (Å²) in [7, 11) is -3.70. The summed E-state index contributed by atoms with van der Waals surface area (Å²) in [5.41, 5.74) is 0. The van der Waals surface area contributed by atoms with Gasteiger partial charge in [-0.3, -0.25) is 9.59 Å². The minimum Gasteiger partial charge on any atom is -0.518 e. The molecule has 0 aliphatic heterocycles. The second-order valence-electron chi connectivity index (χ2n) is 6.28. The first-order chi connectivity index (χ1) is 8.99. The summed E-state index contributed by atoms with van der Waals surface area (Å²) >= 11 is 0. The number of hydrogen-bond acceptors (Lipinski definition) is 6. The van der Waals surface area contributed by atoms with Crippen molar-refractivity contribution in [3.63, 3.8) is 0 Å². The molecule has 0 aliphatic carbocycles. The molecule has 20 heavy (non-hydrogen) atoms. The number of ether oxygens (including phenoxy) is 2. The second-order valence-corrected chi connectivity index (χ2v) is 15.1. The van der Waals surface area contributed by atoms with Gasteiger partial charge in [-0.05, 0) is 39.3 Å². The molecule has 118 valence electrons. The molecule has 8 heteroatoms. The quantitative estimate of drug-likeness (QED) is 0.476. The predicted octanol–water partition coefficient (Wildman–Crippen LogP) is 1.78. The van der Waals surface area contributed by atoms with Gasteiger partial charge in [0.05, 0.1) is 13.2 Å². The molecule has 0 aromatic heterocycles. The number of carbonyl (C=O) groups excluding carboxylic acids is 2. The zero-order chi connectivity index (χ0) is 15.8. The Morgan fingerprint density at radius 2 is 1.00 bits per heavy atom. The van der Waals surface area contributed by atoms with Crippen LogP contribution in [0.2, 0.25) is 39.3 Å². The van der Waals surface area contributed by atoms with Crippen LogP contribution in [0.1, 0.15) is 0 Å². The van der Waals surface area contributed by atoms with Gasteiger partial charge in [-0.1, -0.05) is 0 Å². The van der Waals surface area contributed by atoms with Gasteiger partial charge in [0.25, 0.3) is 0 Å². The highest BCUT2D eigenvalue weighted by molar-refractivity contribution is 6.71. The van der Waals surface area contributed by atoms with Crippen molar-refractivity contribution in [2.45, 2.75) is 39.3 Å². The van der Waals surface area contributed by atoms with E-state index in [0.29, 0.717) is 0 Å². The number of rotatable bonds is 9. The lowest BCUT2D eigenvalue weighted by atomic mass is 10.7. The lowest BCUT2D eigenvalue weighted by Gasteiger charge is -2.17. The molecule has 0 heterocycles. The third-order valence-corrected chi connectivity index (χ3v) is 3.33. The Morgan fingerprint density at radius 1 is 0.700 bits per heavy atom. The maximum absolute atomic E-state index is 11.3. The zero-order valence-electron chi connectivity index (χ0n) is 13.3. The summed E-state index contributed by atoms with van der Waals surface area (Å²) in [5, 5.41) is 0. The largest absolute Gasteiger partial charge is 0.518 e. The molecule has 0 aliphatic rings. The molecule has 0 aromatic rings. The van der Waals surface area contributed by atoms with E-state index in [4.69, 9.17) is 18.3 Å². The summed E-state index contributed by atoms with van der Waals surface area (Å²) in [6.07, 6.45) is 0. The van der Waals surface area contributed by atoms with Crippen LogP contribution in [0.4, 0.5) is 0 Å². The van der Waals surface area contributed by atoms with Gasteiger partial charge in [-0.15, -0.1) is 0 Å². The van der Waals surface area contributed by atoms with Crippen LogP contribution >= 0.6 is 0 Å². The first kappa shape index (κ1) is 19.3. The smallest absolute Gasteiger partial charge is 0.318 e. The summed E-state index contributed by atoms with van der Waals surface area (Å²) in [5.74, 6) is -0.718. The molecule has 0 amide bonds. The van der Waals surface area contributed by atoms with E-state index in [1.54, 1.807) is 0 Å². The highest BCUT2D eigenvalue weighted by Crippen LogP contribution is 2.03. The van der Waals surface area contributed by atoms with Gasteiger partial charge in [-0.25, -0.2) is 0 Å². The summed E-state index contributed by atoms with van der Waals surface area (Å²) in [4.78, 5) is 22.7. The Labute approximate surface area is 123 Å². The van der Waals surface area contributed by atoms with E-state index in [1.807, 2.05) is 39.3 Å². The van der Waals surface area contributed by atoms with Gasteiger partial charge in [0, 0.05) is 0 Å². The van der Waals surface area contributed by atoms with Crippen LogP contribution in [0, 0.1) is 0 Å². The summed E-state index contributed by atoms with van der Waals surface area (Å²) < 4.78 is 20.6. The molecule has 0 unspecified atom stereocenters. The van der Waals surface area contributed by atoms with Crippen LogP contribution in [0.25, 0.3) is 0 Å². The number of hydrogen-bond donors (Lipinski definition) is 0. The Hall–Kier alpha value is -0.706. The topological polar surface area (TPSA) is 71.1 Å². The fraction of sp³-hybridized carbons (Fsp3) is 0.833. The molecule has 0 bridgehead atoms. The van der Waals surface area contributed by atoms with Crippen molar-refractivity contribution in [2.24, 2.45) is 0 Å². The Kier molecular flexibility index (Phi) is 8.25. The molecular formula is C12H26O6Si2. The summed E-state index contributed by atoms with van der Waals surface area (Å²) in [6, 6.07) is 0. The van der Waals surface area contributed by atoms with Crippen molar-refractivity contribution < 1.29 is 27.9 Å². The minimum atomic E-state index is -1.85. The van der Waals surface area contributed by atoms with Crippen molar-refractivity contribution in [3.8, 4) is 0 Å². The molecular weight excluding hydrogens is 296 g/mol. The highest BCUT2D eigenvalue weighted by Gasteiger charge is 2.20. The Morgan fingerprint density at radius 3 is 1.25 bits per heavy atom. The van der Waals surface area contributed by atoms with Gasteiger partial charge in [0.1, 0.15) is 13.2 Å². The van der Waals surface area contributed by atoms with Gasteiger partial charge in [-0.2, -0.15) is 0 Å². The third-order valence-electron chi connectivity index (χ3n) is 1.65. The normalized spacial score (nSPS) is 12.1. The lowest BCUT2D eigenvalue weighted by molar-refractivity contribution is -0.144. The first-order valence-electron chi connectivity index (χ1n) is 6.59. The van der Waals surface area contributed by atoms with E-state index >= 15 is 0 Å². The molecule has 0 spiro atoms. The van der Waals surface area contributed by atoms with Crippen molar-refractivity contribution in [1.82, 2.24) is 0 Å². The van der Waals surface area contributed by atoms with Crippen molar-refractivity contribution in [1.29, 1.82) is 0 Å². The van der Waals surface area contributed by atoms with Crippen molar-refractivity contribution in [2.75, 3.05) is 26.4 Å². The molecule has 6 nitrogen and oxygen atoms in total. The van der Waals surface area contributed by atoms with E-state index in [2.05, 4.69) is 0 Å². The van der Waals surface area contributed by atoms with E-state index in [-0.39, 0.29) is 38.4 Å². The maximum atomic E-state index is 11.3.